The van der Waals surface area contributed by atoms with Crippen molar-refractivity contribution in [2.24, 2.45) is 0 Å². The minimum Gasteiger partial charge on any atom is -0.507 e. The van der Waals surface area contributed by atoms with Gasteiger partial charge in [0.2, 0.25) is 5.78 Å². The second kappa shape index (κ2) is 6.30. The first-order valence-electron chi connectivity index (χ1n) is 7.69. The number of carbonyl (C=O) groups excluding carboxylic acids is 1. The van der Waals surface area contributed by atoms with E-state index in [1.54, 1.807) is 30.3 Å². The average Bonchev–Trinajstić information content (AvgIpc) is 3.16. The lowest BCUT2D eigenvalue weighted by atomic mass is 10.0. The van der Waals surface area contributed by atoms with Gasteiger partial charge in [-0.2, -0.15) is 0 Å². The molecule has 1 N–H and O–H groups in total. The SMILES string of the molecule is CCN(CC)Cc1c(O)ccc2c1O/C(=C\c1ccco1)C2=O. The van der Waals surface area contributed by atoms with Crippen LogP contribution in [0.4, 0.5) is 0 Å². The van der Waals surface area contributed by atoms with Crippen LogP contribution in [0.25, 0.3) is 6.08 Å². The van der Waals surface area contributed by atoms with Gasteiger partial charge in [-0.15, -0.1) is 0 Å². The van der Waals surface area contributed by atoms with Crippen molar-refractivity contribution in [2.75, 3.05) is 13.1 Å². The van der Waals surface area contributed by atoms with Gasteiger partial charge in [-0.1, -0.05) is 13.8 Å². The number of allylic oxidation sites excluding steroid dienone is 1. The number of carbonyl (C=O) groups is 1. The molecule has 1 aliphatic rings. The van der Waals surface area contributed by atoms with E-state index in [0.29, 0.717) is 29.2 Å². The van der Waals surface area contributed by atoms with Crippen LogP contribution >= 0.6 is 0 Å². The van der Waals surface area contributed by atoms with Crippen LogP contribution in [0.1, 0.15) is 35.5 Å². The van der Waals surface area contributed by atoms with Gasteiger partial charge < -0.3 is 14.3 Å². The Labute approximate surface area is 134 Å². The maximum Gasteiger partial charge on any atom is 0.232 e. The summed E-state index contributed by atoms with van der Waals surface area (Å²) >= 11 is 0. The first-order chi connectivity index (χ1) is 11.1. The maximum atomic E-state index is 12.5. The molecule has 1 aromatic heterocycles. The quantitative estimate of drug-likeness (QED) is 0.857. The summed E-state index contributed by atoms with van der Waals surface area (Å²) in [6.45, 7) is 6.34. The molecule has 5 heteroatoms. The lowest BCUT2D eigenvalue weighted by Crippen LogP contribution is -2.22. The van der Waals surface area contributed by atoms with E-state index in [9.17, 15) is 9.90 Å². The Bertz CT molecular complexity index is 743. The van der Waals surface area contributed by atoms with Crippen molar-refractivity contribution in [1.82, 2.24) is 4.90 Å². The molecule has 0 saturated carbocycles. The zero-order valence-electron chi connectivity index (χ0n) is 13.2. The number of hydrogen-bond acceptors (Lipinski definition) is 5. The standard InChI is InChI=1S/C18H19NO4/c1-3-19(4-2)11-14-15(20)8-7-13-17(21)16(23-18(13)14)10-12-6-5-9-22-12/h5-10,20H,3-4,11H2,1-2H3/b16-10-. The number of phenols is 1. The van der Waals surface area contributed by atoms with Crippen molar-refractivity contribution in [3.8, 4) is 11.5 Å². The largest absolute Gasteiger partial charge is 0.507 e. The lowest BCUT2D eigenvalue weighted by molar-refractivity contribution is 0.101. The van der Waals surface area contributed by atoms with Crippen molar-refractivity contribution >= 4 is 11.9 Å². The molecule has 1 aliphatic heterocycles. The molecule has 1 aromatic carbocycles. The van der Waals surface area contributed by atoms with Crippen molar-refractivity contribution in [1.29, 1.82) is 0 Å². The highest BCUT2D eigenvalue weighted by Crippen LogP contribution is 2.40. The summed E-state index contributed by atoms with van der Waals surface area (Å²) in [6.07, 6.45) is 3.11. The molecule has 5 nitrogen and oxygen atoms in total. The molecular formula is C18H19NO4. The fourth-order valence-corrected chi connectivity index (χ4v) is 2.62. The Morgan fingerprint density at radius 3 is 2.65 bits per heavy atom. The fraction of sp³-hybridized carbons (Fsp3) is 0.278. The second-order valence-electron chi connectivity index (χ2n) is 5.36. The van der Waals surface area contributed by atoms with Gasteiger partial charge in [0.25, 0.3) is 0 Å². The summed E-state index contributed by atoms with van der Waals surface area (Å²) in [5, 5.41) is 10.2. The monoisotopic (exact) mass is 313 g/mol. The van der Waals surface area contributed by atoms with Crippen LogP contribution in [0.3, 0.4) is 0 Å². The number of fused-ring (bicyclic) bond motifs is 1. The number of rotatable bonds is 5. The molecule has 2 aromatic rings. The summed E-state index contributed by atoms with van der Waals surface area (Å²) in [5.41, 5.74) is 1.12. The molecule has 0 atom stereocenters. The molecule has 0 amide bonds. The van der Waals surface area contributed by atoms with Crippen molar-refractivity contribution in [3.63, 3.8) is 0 Å². The topological polar surface area (TPSA) is 62.9 Å². The van der Waals surface area contributed by atoms with Crippen molar-refractivity contribution in [3.05, 3.63) is 53.2 Å². The molecular weight excluding hydrogens is 294 g/mol. The number of benzene rings is 1. The smallest absolute Gasteiger partial charge is 0.232 e. The molecule has 120 valence electrons. The zero-order chi connectivity index (χ0) is 16.4. The molecule has 0 fully saturated rings. The van der Waals surface area contributed by atoms with Gasteiger partial charge in [0.05, 0.1) is 17.4 Å². The number of furan rings is 1. The van der Waals surface area contributed by atoms with E-state index < -0.39 is 0 Å². The summed E-state index contributed by atoms with van der Waals surface area (Å²) < 4.78 is 11.0. The molecule has 0 radical (unpaired) electrons. The summed E-state index contributed by atoms with van der Waals surface area (Å²) in [4.78, 5) is 14.6. The number of ether oxygens (including phenoxy) is 1. The average molecular weight is 313 g/mol. The van der Waals surface area contributed by atoms with Gasteiger partial charge in [0, 0.05) is 12.6 Å². The molecule has 23 heavy (non-hydrogen) atoms. The predicted octanol–water partition coefficient (Wildman–Crippen LogP) is 3.44. The Balaban J connectivity index is 1.98. The molecule has 2 heterocycles. The number of aromatic hydroxyl groups is 1. The third kappa shape index (κ3) is 2.87. The summed E-state index contributed by atoms with van der Waals surface area (Å²) in [6, 6.07) is 6.65. The second-order valence-corrected chi connectivity index (χ2v) is 5.36. The zero-order valence-corrected chi connectivity index (χ0v) is 13.2. The maximum absolute atomic E-state index is 12.5. The van der Waals surface area contributed by atoms with E-state index in [1.807, 2.05) is 0 Å². The van der Waals surface area contributed by atoms with E-state index in [0.717, 1.165) is 13.1 Å². The van der Waals surface area contributed by atoms with Crippen LogP contribution in [0.2, 0.25) is 0 Å². The van der Waals surface area contributed by atoms with Gasteiger partial charge in [-0.25, -0.2) is 0 Å². The number of nitrogens with zero attached hydrogens (tertiary/aromatic N) is 1. The molecule has 0 unspecified atom stereocenters. The van der Waals surface area contributed by atoms with Gasteiger partial charge in [0.15, 0.2) is 5.76 Å². The third-order valence-electron chi connectivity index (χ3n) is 4.01. The van der Waals surface area contributed by atoms with Gasteiger partial charge in [-0.05, 0) is 37.4 Å². The Morgan fingerprint density at radius 2 is 2.00 bits per heavy atom. The van der Waals surface area contributed by atoms with Crippen LogP contribution in [0, 0.1) is 0 Å². The molecule has 3 rings (SSSR count). The Hall–Kier alpha value is -2.53. The highest BCUT2D eigenvalue weighted by Gasteiger charge is 2.31. The van der Waals surface area contributed by atoms with Gasteiger partial charge in [0.1, 0.15) is 17.3 Å². The molecule has 0 spiro atoms. The van der Waals surface area contributed by atoms with E-state index in [-0.39, 0.29) is 17.3 Å². The highest BCUT2D eigenvalue weighted by molar-refractivity contribution is 6.14. The van der Waals surface area contributed by atoms with E-state index in [1.165, 1.54) is 6.26 Å². The van der Waals surface area contributed by atoms with Crippen molar-refractivity contribution in [2.45, 2.75) is 20.4 Å². The first-order valence-corrected chi connectivity index (χ1v) is 7.69. The minimum atomic E-state index is -0.197. The van der Waals surface area contributed by atoms with Crippen LogP contribution in [-0.2, 0) is 6.54 Å². The minimum absolute atomic E-state index is 0.141. The lowest BCUT2D eigenvalue weighted by Gasteiger charge is -2.20. The van der Waals surface area contributed by atoms with E-state index >= 15 is 0 Å². The molecule has 0 aliphatic carbocycles. The van der Waals surface area contributed by atoms with Crippen LogP contribution in [-0.4, -0.2) is 28.9 Å². The highest BCUT2D eigenvalue weighted by atomic mass is 16.5. The fourth-order valence-electron chi connectivity index (χ4n) is 2.62. The Morgan fingerprint density at radius 1 is 1.22 bits per heavy atom. The first kappa shape index (κ1) is 15.4. The van der Waals surface area contributed by atoms with Crippen LogP contribution in [0.5, 0.6) is 11.5 Å². The number of phenolic OH excluding ortho intramolecular Hbond substituents is 1. The normalized spacial score (nSPS) is 15.3. The Kier molecular flexibility index (Phi) is 4.21. The summed E-state index contributed by atoms with van der Waals surface area (Å²) in [7, 11) is 0. The van der Waals surface area contributed by atoms with Crippen LogP contribution in [0.15, 0.2) is 40.7 Å². The predicted molar refractivity (Wildman–Crippen MR) is 86.4 cm³/mol. The number of hydrogen-bond donors (Lipinski definition) is 1. The molecule has 0 saturated heterocycles. The summed E-state index contributed by atoms with van der Waals surface area (Å²) in [5.74, 6) is 1.15. The number of Topliss-reactive ketones (excluding diaryl/α,β-unsaturated/α-hetero) is 1. The molecule has 0 bridgehead atoms. The van der Waals surface area contributed by atoms with Crippen LogP contribution < -0.4 is 4.74 Å². The van der Waals surface area contributed by atoms with Gasteiger partial charge >= 0.3 is 0 Å². The van der Waals surface area contributed by atoms with E-state index in [2.05, 4.69) is 18.7 Å². The van der Waals surface area contributed by atoms with Crippen molar-refractivity contribution < 1.29 is 19.1 Å². The number of ketones is 1. The van der Waals surface area contributed by atoms with Gasteiger partial charge in [-0.3, -0.25) is 9.69 Å². The van der Waals surface area contributed by atoms with E-state index in [4.69, 9.17) is 9.15 Å². The third-order valence-corrected chi connectivity index (χ3v) is 4.01.